The van der Waals surface area contributed by atoms with Crippen LogP contribution in [0.3, 0.4) is 0 Å². The third-order valence-electron chi connectivity index (χ3n) is 5.30. The van der Waals surface area contributed by atoms with E-state index in [1.54, 1.807) is 13.8 Å². The minimum absolute atomic E-state index is 0.0979. The number of anilines is 1. The van der Waals surface area contributed by atoms with Crippen LogP contribution >= 0.6 is 0 Å². The van der Waals surface area contributed by atoms with Crippen LogP contribution in [-0.4, -0.2) is 54.5 Å². The van der Waals surface area contributed by atoms with Gasteiger partial charge in [-0.25, -0.2) is 19.4 Å². The van der Waals surface area contributed by atoms with Crippen molar-refractivity contribution in [3.8, 4) is 5.88 Å². The van der Waals surface area contributed by atoms with Gasteiger partial charge in [-0.3, -0.25) is 4.79 Å². The molecule has 2 heterocycles. The van der Waals surface area contributed by atoms with Crippen LogP contribution in [0.4, 0.5) is 23.2 Å². The van der Waals surface area contributed by atoms with Gasteiger partial charge in [-0.1, -0.05) is 0 Å². The molecular weight excluding hydrogens is 462 g/mol. The van der Waals surface area contributed by atoms with E-state index in [1.807, 2.05) is 0 Å². The second kappa shape index (κ2) is 9.79. The molecular formula is C21H23F4N5O4. The average molecular weight is 485 g/mol. The first-order valence-electron chi connectivity index (χ1n) is 10.1. The third kappa shape index (κ3) is 5.71. The second-order valence-electron chi connectivity index (χ2n) is 7.77. The summed E-state index contributed by atoms with van der Waals surface area (Å²) in [6, 6.07) is 3.83. The number of ether oxygens (including phenoxy) is 3. The number of aromatic nitrogens is 2. The Hall–Kier alpha value is -3.48. The van der Waals surface area contributed by atoms with Gasteiger partial charge < -0.3 is 25.3 Å². The number of carbonyl (C=O) groups excluding carboxylic acids is 1. The van der Waals surface area contributed by atoms with Crippen molar-refractivity contribution in [2.24, 2.45) is 16.6 Å². The maximum absolute atomic E-state index is 14.9. The Morgan fingerprint density at radius 1 is 1.29 bits per heavy atom. The molecule has 1 aromatic carbocycles. The molecule has 3 atom stereocenters. The van der Waals surface area contributed by atoms with E-state index in [0.717, 1.165) is 12.4 Å². The smallest absolute Gasteiger partial charge is 0.422 e. The SMILES string of the molecule is COC[C@H]1[C@@H](C)OC(N)=N[C@]1(C)c1cc(NC(=O)c2cnc(OCC(F)(F)F)cn2)ccc1F. The summed E-state index contributed by atoms with van der Waals surface area (Å²) in [5, 5.41) is 2.56. The lowest BCUT2D eigenvalue weighted by Gasteiger charge is -2.41. The molecule has 1 aromatic heterocycles. The fourth-order valence-corrected chi connectivity index (χ4v) is 3.65. The lowest BCUT2D eigenvalue weighted by atomic mass is 9.76. The third-order valence-corrected chi connectivity index (χ3v) is 5.30. The highest BCUT2D eigenvalue weighted by Crippen LogP contribution is 2.41. The van der Waals surface area contributed by atoms with Gasteiger partial charge in [0.2, 0.25) is 5.88 Å². The number of amidine groups is 1. The highest BCUT2D eigenvalue weighted by Gasteiger charge is 2.45. The lowest BCUT2D eigenvalue weighted by Crippen LogP contribution is -2.48. The Balaban J connectivity index is 1.82. The van der Waals surface area contributed by atoms with Gasteiger partial charge in [0.25, 0.3) is 11.9 Å². The number of halogens is 4. The summed E-state index contributed by atoms with van der Waals surface area (Å²) in [7, 11) is 1.50. The highest BCUT2D eigenvalue weighted by molar-refractivity contribution is 6.02. The number of rotatable bonds is 7. The van der Waals surface area contributed by atoms with Crippen molar-refractivity contribution in [1.82, 2.24) is 9.97 Å². The summed E-state index contributed by atoms with van der Waals surface area (Å²) in [6.07, 6.45) is -3.09. The molecule has 0 aliphatic carbocycles. The highest BCUT2D eigenvalue weighted by atomic mass is 19.4. The predicted molar refractivity (Wildman–Crippen MR) is 113 cm³/mol. The first-order chi connectivity index (χ1) is 15.9. The van der Waals surface area contributed by atoms with E-state index < -0.39 is 36.2 Å². The van der Waals surface area contributed by atoms with Crippen LogP contribution in [0.5, 0.6) is 5.88 Å². The number of hydrogen-bond donors (Lipinski definition) is 2. The number of alkyl halides is 3. The maximum Gasteiger partial charge on any atom is 0.422 e. The minimum atomic E-state index is -4.53. The molecule has 0 radical (unpaired) electrons. The summed E-state index contributed by atoms with van der Waals surface area (Å²) < 4.78 is 66.8. The summed E-state index contributed by atoms with van der Waals surface area (Å²) >= 11 is 0. The molecule has 0 bridgehead atoms. The number of nitrogens with one attached hydrogen (secondary N) is 1. The van der Waals surface area contributed by atoms with Gasteiger partial charge in [0.05, 0.1) is 24.5 Å². The molecule has 0 unspecified atom stereocenters. The Labute approximate surface area is 192 Å². The van der Waals surface area contributed by atoms with Gasteiger partial charge in [0.15, 0.2) is 6.61 Å². The zero-order valence-corrected chi connectivity index (χ0v) is 18.5. The molecule has 34 heavy (non-hydrogen) atoms. The van der Waals surface area contributed by atoms with Crippen molar-refractivity contribution >= 4 is 17.6 Å². The van der Waals surface area contributed by atoms with Crippen LogP contribution in [0.25, 0.3) is 0 Å². The molecule has 1 amide bonds. The number of benzene rings is 1. The number of hydrogen-bond acceptors (Lipinski definition) is 8. The van der Waals surface area contributed by atoms with E-state index in [-0.39, 0.29) is 41.4 Å². The topological polar surface area (TPSA) is 121 Å². The maximum atomic E-state index is 14.9. The Morgan fingerprint density at radius 2 is 2.03 bits per heavy atom. The van der Waals surface area contributed by atoms with Crippen molar-refractivity contribution < 1.29 is 36.6 Å². The van der Waals surface area contributed by atoms with E-state index in [9.17, 15) is 22.4 Å². The van der Waals surface area contributed by atoms with Gasteiger partial charge in [0.1, 0.15) is 17.6 Å². The van der Waals surface area contributed by atoms with Crippen molar-refractivity contribution in [2.75, 3.05) is 25.6 Å². The van der Waals surface area contributed by atoms with Crippen LogP contribution in [-0.2, 0) is 15.0 Å². The van der Waals surface area contributed by atoms with E-state index >= 15 is 0 Å². The molecule has 3 rings (SSSR count). The molecule has 1 aliphatic heterocycles. The van der Waals surface area contributed by atoms with Gasteiger partial charge in [0, 0.05) is 24.3 Å². The number of amides is 1. The van der Waals surface area contributed by atoms with Crippen molar-refractivity contribution in [2.45, 2.75) is 31.7 Å². The molecule has 9 nitrogen and oxygen atoms in total. The molecule has 184 valence electrons. The zero-order valence-electron chi connectivity index (χ0n) is 18.5. The van der Waals surface area contributed by atoms with E-state index in [0.29, 0.717) is 0 Å². The summed E-state index contributed by atoms with van der Waals surface area (Å²) in [5.74, 6) is -2.06. The van der Waals surface area contributed by atoms with Gasteiger partial charge in [-0.2, -0.15) is 13.2 Å². The molecule has 0 saturated heterocycles. The second-order valence-corrected chi connectivity index (χ2v) is 7.77. The molecule has 0 spiro atoms. The van der Waals surface area contributed by atoms with Gasteiger partial charge in [-0.05, 0) is 32.0 Å². The number of carbonyl (C=O) groups is 1. The van der Waals surface area contributed by atoms with Crippen molar-refractivity contribution in [3.63, 3.8) is 0 Å². The van der Waals surface area contributed by atoms with Gasteiger partial charge >= 0.3 is 6.18 Å². The molecule has 0 fully saturated rings. The van der Waals surface area contributed by atoms with E-state index in [2.05, 4.69) is 25.0 Å². The fourth-order valence-electron chi connectivity index (χ4n) is 3.65. The summed E-state index contributed by atoms with van der Waals surface area (Å²) in [6.45, 7) is 2.14. The van der Waals surface area contributed by atoms with Crippen molar-refractivity contribution in [1.29, 1.82) is 0 Å². The zero-order chi connectivity index (χ0) is 25.1. The number of methoxy groups -OCH3 is 1. The number of nitrogens with zero attached hydrogens (tertiary/aromatic N) is 3. The van der Waals surface area contributed by atoms with Crippen LogP contribution in [0.1, 0.15) is 29.9 Å². The predicted octanol–water partition coefficient (Wildman–Crippen LogP) is 3.02. The largest absolute Gasteiger partial charge is 0.467 e. The van der Waals surface area contributed by atoms with Crippen LogP contribution in [0.15, 0.2) is 35.6 Å². The Bertz CT molecular complexity index is 1060. The van der Waals surface area contributed by atoms with Crippen LogP contribution in [0, 0.1) is 11.7 Å². The molecule has 1 aliphatic rings. The summed E-state index contributed by atoms with van der Waals surface area (Å²) in [4.78, 5) is 24.3. The molecule has 13 heteroatoms. The quantitative estimate of drug-likeness (QED) is 0.579. The van der Waals surface area contributed by atoms with Crippen molar-refractivity contribution in [3.05, 3.63) is 47.7 Å². The molecule has 0 saturated carbocycles. The molecule has 3 N–H and O–H groups in total. The Kier molecular flexibility index (Phi) is 7.24. The van der Waals surface area contributed by atoms with E-state index in [1.165, 1.54) is 25.3 Å². The number of nitrogens with two attached hydrogens (primary N) is 1. The van der Waals surface area contributed by atoms with Crippen LogP contribution < -0.4 is 15.8 Å². The minimum Gasteiger partial charge on any atom is -0.467 e. The lowest BCUT2D eigenvalue weighted by molar-refractivity contribution is -0.154. The standard InChI is InChI=1S/C21H23F4N5O4/c1-11-14(9-32-3)20(2,30-19(26)34-11)13-6-12(4-5-15(13)22)29-18(31)16-7-28-17(8-27-16)33-10-21(23,24)25/h4-8,11,14H,9-10H2,1-3H3,(H2,26,30)(H,29,31)/t11-,14+,20-/m1/s1. The monoisotopic (exact) mass is 485 g/mol. The first-order valence-corrected chi connectivity index (χ1v) is 10.1. The normalized spacial score (nSPS) is 22.5. The Morgan fingerprint density at radius 3 is 2.65 bits per heavy atom. The summed E-state index contributed by atoms with van der Waals surface area (Å²) in [5.41, 5.74) is 4.86. The molecule has 2 aromatic rings. The van der Waals surface area contributed by atoms with Crippen LogP contribution in [0.2, 0.25) is 0 Å². The number of aliphatic imine (C=N–C) groups is 1. The average Bonchev–Trinajstić information content (AvgIpc) is 2.76. The van der Waals surface area contributed by atoms with Gasteiger partial charge in [-0.15, -0.1) is 0 Å². The van der Waals surface area contributed by atoms with E-state index in [4.69, 9.17) is 15.2 Å². The fraction of sp³-hybridized carbons (Fsp3) is 0.429. The first kappa shape index (κ1) is 25.1.